The van der Waals surface area contributed by atoms with Crippen molar-refractivity contribution in [1.82, 2.24) is 4.98 Å². The van der Waals surface area contributed by atoms with Gasteiger partial charge in [0.1, 0.15) is 0 Å². The molecule has 0 radical (unpaired) electrons. The van der Waals surface area contributed by atoms with Gasteiger partial charge in [-0.3, -0.25) is 0 Å². The molecule has 1 aromatic carbocycles. The maximum atomic E-state index is 6.08. The van der Waals surface area contributed by atoms with Gasteiger partial charge in [0, 0.05) is 22.1 Å². The zero-order valence-electron chi connectivity index (χ0n) is 9.18. The highest BCUT2D eigenvalue weighted by atomic mass is 35.5. The minimum atomic E-state index is 0.731. The zero-order chi connectivity index (χ0) is 10.8. The molecule has 2 heteroatoms. The Morgan fingerprint density at radius 1 is 1.33 bits per heavy atom. The number of hydrogen-bond donors (Lipinski definition) is 1. The van der Waals surface area contributed by atoms with E-state index in [0.29, 0.717) is 0 Å². The standard InChI is InChI=1S/C13H16ClN/c1-9(2)3-4-10-7-12(14)8-11-5-6-15-13(10)11/h5-9,15H,3-4H2,1-2H3. The third-order valence-electron chi connectivity index (χ3n) is 2.70. The van der Waals surface area contributed by atoms with Gasteiger partial charge < -0.3 is 4.98 Å². The second-order valence-corrected chi connectivity index (χ2v) is 4.88. The fraction of sp³-hybridized carbons (Fsp3) is 0.385. The molecule has 0 saturated carbocycles. The van der Waals surface area contributed by atoms with Crippen molar-refractivity contribution in [3.63, 3.8) is 0 Å². The summed E-state index contributed by atoms with van der Waals surface area (Å²) in [5.74, 6) is 0.731. The van der Waals surface area contributed by atoms with Gasteiger partial charge in [0.15, 0.2) is 0 Å². The molecule has 1 aromatic heterocycles. The summed E-state index contributed by atoms with van der Waals surface area (Å²) in [6.45, 7) is 4.49. The zero-order valence-corrected chi connectivity index (χ0v) is 9.93. The number of H-pyrrole nitrogens is 1. The van der Waals surface area contributed by atoms with Crippen molar-refractivity contribution >= 4 is 22.5 Å². The van der Waals surface area contributed by atoms with Crippen molar-refractivity contribution in [2.75, 3.05) is 0 Å². The average Bonchev–Trinajstić information content (AvgIpc) is 2.61. The van der Waals surface area contributed by atoms with Crippen molar-refractivity contribution in [3.8, 4) is 0 Å². The van der Waals surface area contributed by atoms with Crippen molar-refractivity contribution in [2.24, 2.45) is 5.92 Å². The number of benzene rings is 1. The molecule has 0 aliphatic rings. The van der Waals surface area contributed by atoms with Gasteiger partial charge in [-0.05, 0) is 42.5 Å². The molecule has 0 aliphatic heterocycles. The molecule has 2 rings (SSSR count). The highest BCUT2D eigenvalue weighted by Gasteiger charge is 2.05. The van der Waals surface area contributed by atoms with E-state index in [9.17, 15) is 0 Å². The molecule has 0 amide bonds. The largest absolute Gasteiger partial charge is 0.361 e. The van der Waals surface area contributed by atoms with Crippen LogP contribution in [0.15, 0.2) is 24.4 Å². The van der Waals surface area contributed by atoms with Crippen molar-refractivity contribution in [3.05, 3.63) is 35.0 Å². The van der Waals surface area contributed by atoms with Crippen molar-refractivity contribution < 1.29 is 0 Å². The first-order valence-corrected chi connectivity index (χ1v) is 5.80. The average molecular weight is 222 g/mol. The van der Waals surface area contributed by atoms with Gasteiger partial charge in [0.05, 0.1) is 0 Å². The molecule has 1 N–H and O–H groups in total. The van der Waals surface area contributed by atoms with Gasteiger partial charge in [0.2, 0.25) is 0 Å². The highest BCUT2D eigenvalue weighted by molar-refractivity contribution is 6.31. The maximum absolute atomic E-state index is 6.08. The lowest BCUT2D eigenvalue weighted by atomic mass is 10.0. The summed E-state index contributed by atoms with van der Waals surface area (Å²) < 4.78 is 0. The maximum Gasteiger partial charge on any atom is 0.0487 e. The SMILES string of the molecule is CC(C)CCc1cc(Cl)cc2cc[nH]c12. The van der Waals surface area contributed by atoms with Crippen LogP contribution in [0, 0.1) is 5.92 Å². The van der Waals surface area contributed by atoms with Crippen molar-refractivity contribution in [1.29, 1.82) is 0 Å². The van der Waals surface area contributed by atoms with E-state index < -0.39 is 0 Å². The quantitative estimate of drug-likeness (QED) is 0.790. The number of nitrogens with one attached hydrogen (secondary N) is 1. The van der Waals surface area contributed by atoms with Gasteiger partial charge >= 0.3 is 0 Å². The van der Waals surface area contributed by atoms with Crippen LogP contribution in [0.2, 0.25) is 5.02 Å². The van der Waals surface area contributed by atoms with Gasteiger partial charge in [0.25, 0.3) is 0 Å². The number of aromatic nitrogens is 1. The monoisotopic (exact) mass is 221 g/mol. The summed E-state index contributed by atoms with van der Waals surface area (Å²) in [6, 6.07) is 6.15. The molecular formula is C13H16ClN. The number of hydrogen-bond acceptors (Lipinski definition) is 0. The lowest BCUT2D eigenvalue weighted by molar-refractivity contribution is 0.588. The van der Waals surface area contributed by atoms with Crippen molar-refractivity contribution in [2.45, 2.75) is 26.7 Å². The summed E-state index contributed by atoms with van der Waals surface area (Å²) in [7, 11) is 0. The molecule has 0 fully saturated rings. The van der Waals surface area contributed by atoms with E-state index in [-0.39, 0.29) is 0 Å². The van der Waals surface area contributed by atoms with E-state index in [1.165, 1.54) is 22.9 Å². The van der Waals surface area contributed by atoms with Crippen LogP contribution in [0.25, 0.3) is 10.9 Å². The topological polar surface area (TPSA) is 15.8 Å². The normalized spacial score (nSPS) is 11.5. The summed E-state index contributed by atoms with van der Waals surface area (Å²) in [6.07, 6.45) is 4.27. The molecule has 0 aliphatic carbocycles. The predicted octanol–water partition coefficient (Wildman–Crippen LogP) is 4.41. The van der Waals surface area contributed by atoms with Gasteiger partial charge in [-0.1, -0.05) is 25.4 Å². The van der Waals surface area contributed by atoms with Crippen LogP contribution in [0.4, 0.5) is 0 Å². The Morgan fingerprint density at radius 3 is 2.87 bits per heavy atom. The van der Waals surface area contributed by atoms with Crippen LogP contribution in [-0.2, 0) is 6.42 Å². The lowest BCUT2D eigenvalue weighted by Gasteiger charge is -2.06. The number of halogens is 1. The second-order valence-electron chi connectivity index (χ2n) is 4.44. The first-order chi connectivity index (χ1) is 7.16. The molecule has 80 valence electrons. The molecule has 0 unspecified atom stereocenters. The number of aromatic amines is 1. The Kier molecular flexibility index (Phi) is 3.01. The molecule has 0 bridgehead atoms. The van der Waals surface area contributed by atoms with Gasteiger partial charge in [-0.15, -0.1) is 0 Å². The molecule has 0 spiro atoms. The molecule has 2 aromatic rings. The Morgan fingerprint density at radius 2 is 2.13 bits per heavy atom. The van der Waals surface area contributed by atoms with Crippen LogP contribution in [0.1, 0.15) is 25.8 Å². The van der Waals surface area contributed by atoms with E-state index in [1.807, 2.05) is 12.3 Å². The van der Waals surface area contributed by atoms with E-state index in [2.05, 4.69) is 31.0 Å². The smallest absolute Gasteiger partial charge is 0.0487 e. The second kappa shape index (κ2) is 4.28. The summed E-state index contributed by atoms with van der Waals surface area (Å²) >= 11 is 6.08. The fourth-order valence-electron chi connectivity index (χ4n) is 1.85. The third kappa shape index (κ3) is 2.35. The minimum Gasteiger partial charge on any atom is -0.361 e. The van der Waals surface area contributed by atoms with E-state index in [1.54, 1.807) is 0 Å². The fourth-order valence-corrected chi connectivity index (χ4v) is 2.10. The third-order valence-corrected chi connectivity index (χ3v) is 2.92. The molecule has 15 heavy (non-hydrogen) atoms. The summed E-state index contributed by atoms with van der Waals surface area (Å²) in [5, 5.41) is 2.04. The Bertz CT molecular complexity index is 457. The highest BCUT2D eigenvalue weighted by Crippen LogP contribution is 2.24. The number of rotatable bonds is 3. The molecule has 1 heterocycles. The summed E-state index contributed by atoms with van der Waals surface area (Å²) in [5.41, 5.74) is 2.57. The lowest BCUT2D eigenvalue weighted by Crippen LogP contribution is -1.93. The Balaban J connectivity index is 2.35. The van der Waals surface area contributed by atoms with E-state index in [0.717, 1.165) is 17.4 Å². The number of aryl methyl sites for hydroxylation is 1. The first kappa shape index (κ1) is 10.6. The van der Waals surface area contributed by atoms with Crippen LogP contribution >= 0.6 is 11.6 Å². The van der Waals surface area contributed by atoms with Crippen LogP contribution in [0.5, 0.6) is 0 Å². The molecular weight excluding hydrogens is 206 g/mol. The summed E-state index contributed by atoms with van der Waals surface area (Å²) in [4.78, 5) is 3.28. The van der Waals surface area contributed by atoms with E-state index in [4.69, 9.17) is 11.6 Å². The predicted molar refractivity (Wildman–Crippen MR) is 66.5 cm³/mol. The molecule has 0 saturated heterocycles. The van der Waals surface area contributed by atoms with Crippen LogP contribution < -0.4 is 0 Å². The Labute approximate surface area is 95.5 Å². The molecule has 0 atom stereocenters. The van der Waals surface area contributed by atoms with E-state index >= 15 is 0 Å². The van der Waals surface area contributed by atoms with Gasteiger partial charge in [-0.25, -0.2) is 0 Å². The minimum absolute atomic E-state index is 0.731. The van der Waals surface area contributed by atoms with Crippen LogP contribution in [-0.4, -0.2) is 4.98 Å². The first-order valence-electron chi connectivity index (χ1n) is 5.42. The number of fused-ring (bicyclic) bond motifs is 1. The van der Waals surface area contributed by atoms with Gasteiger partial charge in [-0.2, -0.15) is 0 Å². The Hall–Kier alpha value is -0.950. The van der Waals surface area contributed by atoms with Crippen LogP contribution in [0.3, 0.4) is 0 Å². The molecule has 1 nitrogen and oxygen atoms in total.